The summed E-state index contributed by atoms with van der Waals surface area (Å²) in [4.78, 5) is 10.4. The number of thiazole rings is 1. The number of aliphatic imine (C=N–C) groups is 1. The Hall–Kier alpha value is -0.370. The lowest BCUT2D eigenvalue weighted by molar-refractivity contribution is 0.334. The fraction of sp³-hybridized carbons (Fsp3) is 0.750. The maximum absolute atomic E-state index is 4.71. The molecule has 0 unspecified atom stereocenters. The summed E-state index contributed by atoms with van der Waals surface area (Å²) in [5, 5.41) is 7.99. The molecular formula is C16H29IN4S. The van der Waals surface area contributed by atoms with Crippen molar-refractivity contribution in [1.29, 1.82) is 0 Å². The number of hydrogen-bond donors (Lipinski definition) is 2. The third kappa shape index (κ3) is 5.68. The monoisotopic (exact) mass is 436 g/mol. The van der Waals surface area contributed by atoms with Crippen LogP contribution < -0.4 is 10.6 Å². The van der Waals surface area contributed by atoms with Gasteiger partial charge in [0.1, 0.15) is 0 Å². The number of hydrogen-bond acceptors (Lipinski definition) is 3. The van der Waals surface area contributed by atoms with Gasteiger partial charge < -0.3 is 10.6 Å². The van der Waals surface area contributed by atoms with Gasteiger partial charge in [-0.15, -0.1) is 35.3 Å². The Bertz CT molecular complexity index is 492. The lowest BCUT2D eigenvalue weighted by Gasteiger charge is -2.25. The zero-order valence-electron chi connectivity index (χ0n) is 14.2. The molecule has 4 nitrogen and oxygen atoms in total. The number of rotatable bonds is 5. The van der Waals surface area contributed by atoms with Crippen molar-refractivity contribution in [2.24, 2.45) is 10.4 Å². The second-order valence-electron chi connectivity index (χ2n) is 6.31. The fourth-order valence-electron chi connectivity index (χ4n) is 2.92. The minimum Gasteiger partial charge on any atom is -0.357 e. The molecule has 0 atom stereocenters. The van der Waals surface area contributed by atoms with Crippen molar-refractivity contribution < 1.29 is 0 Å². The molecule has 2 N–H and O–H groups in total. The molecule has 0 aliphatic heterocycles. The van der Waals surface area contributed by atoms with Crippen LogP contribution in [0.3, 0.4) is 0 Å². The summed E-state index contributed by atoms with van der Waals surface area (Å²) >= 11 is 1.74. The van der Waals surface area contributed by atoms with Gasteiger partial charge in [0.2, 0.25) is 0 Å². The van der Waals surface area contributed by atoms with Crippen LogP contribution in [0.4, 0.5) is 0 Å². The summed E-state index contributed by atoms with van der Waals surface area (Å²) in [6, 6.07) is 0. The first-order valence-electron chi connectivity index (χ1n) is 7.97. The molecule has 2 rings (SSSR count). The maximum Gasteiger partial charge on any atom is 0.191 e. The highest BCUT2D eigenvalue weighted by molar-refractivity contribution is 14.0. The van der Waals surface area contributed by atoms with Crippen LogP contribution in [0.25, 0.3) is 0 Å². The maximum atomic E-state index is 4.71. The number of guanidine groups is 1. The Kier molecular flexibility index (Phi) is 8.10. The van der Waals surface area contributed by atoms with E-state index in [9.17, 15) is 0 Å². The summed E-state index contributed by atoms with van der Waals surface area (Å²) in [5.74, 6) is 0.927. The van der Waals surface area contributed by atoms with Crippen LogP contribution in [0.2, 0.25) is 0 Å². The second kappa shape index (κ2) is 9.05. The largest absolute Gasteiger partial charge is 0.357 e. The molecule has 1 aromatic rings. The Morgan fingerprint density at radius 3 is 2.50 bits per heavy atom. The zero-order chi connectivity index (χ0) is 15.3. The van der Waals surface area contributed by atoms with Gasteiger partial charge in [-0.05, 0) is 39.0 Å². The van der Waals surface area contributed by atoms with Gasteiger partial charge in [0.05, 0.1) is 17.2 Å². The summed E-state index contributed by atoms with van der Waals surface area (Å²) in [5.41, 5.74) is 1.55. The van der Waals surface area contributed by atoms with Gasteiger partial charge in [-0.1, -0.05) is 19.8 Å². The molecule has 0 aromatic carbocycles. The van der Waals surface area contributed by atoms with Crippen LogP contribution in [-0.2, 0) is 6.54 Å². The highest BCUT2D eigenvalue weighted by atomic mass is 127. The summed E-state index contributed by atoms with van der Waals surface area (Å²) in [6.45, 7) is 11.2. The predicted molar refractivity (Wildman–Crippen MR) is 106 cm³/mol. The number of aromatic nitrogens is 1. The van der Waals surface area contributed by atoms with Crippen molar-refractivity contribution in [3.05, 3.63) is 15.6 Å². The molecule has 1 aliphatic rings. The third-order valence-corrected chi connectivity index (χ3v) is 5.28. The van der Waals surface area contributed by atoms with Gasteiger partial charge >= 0.3 is 0 Å². The quantitative estimate of drug-likeness (QED) is 0.417. The van der Waals surface area contributed by atoms with E-state index in [1.807, 2.05) is 0 Å². The van der Waals surface area contributed by atoms with Gasteiger partial charge in [0.15, 0.2) is 5.96 Å². The lowest BCUT2D eigenvalue weighted by Crippen LogP contribution is -2.42. The van der Waals surface area contributed by atoms with Gasteiger partial charge in [0.25, 0.3) is 0 Å². The molecule has 0 spiro atoms. The van der Waals surface area contributed by atoms with Crippen molar-refractivity contribution in [1.82, 2.24) is 15.6 Å². The number of halogens is 1. The Morgan fingerprint density at radius 2 is 1.95 bits per heavy atom. The molecule has 0 saturated heterocycles. The first-order valence-corrected chi connectivity index (χ1v) is 8.79. The van der Waals surface area contributed by atoms with Crippen LogP contribution in [-0.4, -0.2) is 24.0 Å². The standard InChI is InChI=1S/C16H28N4S.HI/c1-5-17-15(19-11-16(4)8-6-7-9-16)18-10-14-12(2)20-13(3)21-14;/h5-11H2,1-4H3,(H2,17,18,19);1H. The molecule has 1 fully saturated rings. The van der Waals surface area contributed by atoms with Crippen molar-refractivity contribution in [3.8, 4) is 0 Å². The van der Waals surface area contributed by atoms with E-state index in [4.69, 9.17) is 4.99 Å². The van der Waals surface area contributed by atoms with Crippen molar-refractivity contribution in [2.45, 2.75) is 59.9 Å². The van der Waals surface area contributed by atoms with E-state index >= 15 is 0 Å². The van der Waals surface area contributed by atoms with Gasteiger partial charge in [-0.3, -0.25) is 0 Å². The predicted octanol–water partition coefficient (Wildman–Crippen LogP) is 4.01. The average molecular weight is 436 g/mol. The normalized spacial score (nSPS) is 17.2. The summed E-state index contributed by atoms with van der Waals surface area (Å²) < 4.78 is 0. The zero-order valence-corrected chi connectivity index (χ0v) is 17.3. The molecule has 1 aromatic heterocycles. The molecule has 6 heteroatoms. The molecular weight excluding hydrogens is 407 g/mol. The molecule has 1 saturated carbocycles. The molecule has 0 amide bonds. The van der Waals surface area contributed by atoms with E-state index in [0.29, 0.717) is 12.0 Å². The van der Waals surface area contributed by atoms with Crippen molar-refractivity contribution in [3.63, 3.8) is 0 Å². The van der Waals surface area contributed by atoms with Crippen molar-refractivity contribution in [2.75, 3.05) is 13.1 Å². The summed E-state index contributed by atoms with van der Waals surface area (Å²) in [7, 11) is 0. The molecule has 1 heterocycles. The van der Waals surface area contributed by atoms with E-state index in [1.165, 1.54) is 30.6 Å². The molecule has 1 aliphatic carbocycles. The lowest BCUT2D eigenvalue weighted by atomic mass is 9.89. The van der Waals surface area contributed by atoms with Crippen LogP contribution in [0, 0.1) is 19.3 Å². The summed E-state index contributed by atoms with van der Waals surface area (Å²) in [6.07, 6.45) is 5.38. The van der Waals surface area contributed by atoms with Gasteiger partial charge in [-0.2, -0.15) is 0 Å². The Morgan fingerprint density at radius 1 is 1.27 bits per heavy atom. The van der Waals surface area contributed by atoms with E-state index < -0.39 is 0 Å². The Labute approximate surface area is 155 Å². The van der Waals surface area contributed by atoms with Crippen LogP contribution in [0.1, 0.15) is 55.1 Å². The van der Waals surface area contributed by atoms with Crippen LogP contribution in [0.15, 0.2) is 4.99 Å². The third-order valence-electron chi connectivity index (χ3n) is 4.22. The minimum absolute atomic E-state index is 0. The van der Waals surface area contributed by atoms with E-state index in [-0.39, 0.29) is 24.0 Å². The average Bonchev–Trinajstić information content (AvgIpc) is 3.00. The van der Waals surface area contributed by atoms with E-state index in [0.717, 1.165) is 29.8 Å². The molecule has 0 bridgehead atoms. The molecule has 22 heavy (non-hydrogen) atoms. The minimum atomic E-state index is 0. The van der Waals surface area contributed by atoms with E-state index in [2.05, 4.69) is 43.3 Å². The van der Waals surface area contributed by atoms with E-state index in [1.54, 1.807) is 11.3 Å². The SMILES string of the molecule is CCNC(=NCc1sc(C)nc1C)NCC1(C)CCCC1.I. The topological polar surface area (TPSA) is 49.3 Å². The molecule has 126 valence electrons. The van der Waals surface area contributed by atoms with Crippen LogP contribution in [0.5, 0.6) is 0 Å². The van der Waals surface area contributed by atoms with Crippen molar-refractivity contribution >= 4 is 41.3 Å². The number of nitrogens with zero attached hydrogens (tertiary/aromatic N) is 2. The smallest absolute Gasteiger partial charge is 0.191 e. The van der Waals surface area contributed by atoms with Crippen LogP contribution >= 0.6 is 35.3 Å². The van der Waals surface area contributed by atoms with Gasteiger partial charge in [-0.25, -0.2) is 9.98 Å². The Balaban J connectivity index is 0.00000242. The second-order valence-corrected chi connectivity index (χ2v) is 7.60. The molecule has 0 radical (unpaired) electrons. The first kappa shape index (κ1) is 19.7. The first-order chi connectivity index (χ1) is 10.0. The number of aryl methyl sites for hydroxylation is 2. The highest BCUT2D eigenvalue weighted by Gasteiger charge is 2.28. The highest BCUT2D eigenvalue weighted by Crippen LogP contribution is 2.36. The fourth-order valence-corrected chi connectivity index (χ4v) is 3.78. The number of nitrogens with one attached hydrogen (secondary N) is 2. The van der Waals surface area contributed by atoms with Gasteiger partial charge in [0, 0.05) is 18.0 Å².